The molecule has 19 aliphatic rings. The molecule has 0 amide bonds. The minimum atomic E-state index is -2.47. The number of alkyl halides is 2. The summed E-state index contributed by atoms with van der Waals surface area (Å²) in [6.07, 6.45) is 39.5. The van der Waals surface area contributed by atoms with E-state index >= 15 is 0 Å². The summed E-state index contributed by atoms with van der Waals surface area (Å²) < 4.78 is 33.2. The van der Waals surface area contributed by atoms with Gasteiger partial charge in [0, 0.05) is 143 Å². The number of benzene rings is 7. The molecular formula is C121H165F2OS12+7. The second-order valence-corrected chi connectivity index (χ2v) is 77.4. The third-order valence-electron chi connectivity index (χ3n) is 33.5. The Labute approximate surface area is 865 Å². The molecule has 20 unspecified atom stereocenters. The Morgan fingerprint density at radius 2 is 0.654 bits per heavy atom. The van der Waals surface area contributed by atoms with Crippen LogP contribution in [-0.2, 0) is 114 Å². The molecule has 16 fully saturated rings. The number of hydrogen-bond donors (Lipinski definition) is 1. The van der Waals surface area contributed by atoms with Gasteiger partial charge >= 0.3 is 5.25 Å². The van der Waals surface area contributed by atoms with E-state index in [9.17, 15) is 13.9 Å². The summed E-state index contributed by atoms with van der Waals surface area (Å²) in [6.45, 7) is 55.3. The first-order valence-electron chi connectivity index (χ1n) is 52.2. The number of halogens is 2. The third-order valence-corrected chi connectivity index (χ3v) is 65.0. The molecule has 7 aromatic carbocycles. The quantitative estimate of drug-likeness (QED) is 0.126. The second-order valence-electron chi connectivity index (χ2n) is 50.4. The lowest BCUT2D eigenvalue weighted by molar-refractivity contribution is 0.0179. The van der Waals surface area contributed by atoms with E-state index in [1.165, 1.54) is 140 Å². The maximum absolute atomic E-state index is 14.3. The Balaban J connectivity index is 0.000000106. The summed E-state index contributed by atoms with van der Waals surface area (Å²) in [5.41, 5.74) is 11.6. The Hall–Kier alpha value is -2.22. The summed E-state index contributed by atoms with van der Waals surface area (Å²) in [7, 11) is 1.73. The minimum Gasteiger partial charge on any atom is -0.388 e. The van der Waals surface area contributed by atoms with Crippen molar-refractivity contribution in [3.63, 3.8) is 0 Å². The SMILES string of the molecule is CC(C)(C)c1ccc([S+]2C3C=CC2CC3)cc1.CC(C)(C)c1ccc([S+]2C3C=CCC2C=CC3)cc1.CC(C)(C)c1ccc([S+]2C3CC4CC(C3)C(O)C2C4)cc1.CC(C)(C)c1ccc([S+]2C3CCC(C3)C2(F)F)cc1.CC(C)(C)c1ccc([S+]2C3CCC(C3)C23CC3)cc1.CC(C)(C)c1ccc([S+]2C3SC4SC(S3)SC2S4)cc1.CC1CCC2CC1[S+](c1ccc(C(C)(C)C)cc1)C2(C)C. The fourth-order valence-corrected chi connectivity index (χ4v) is 65.4. The van der Waals surface area contributed by atoms with Crippen LogP contribution in [0.3, 0.4) is 0 Å². The number of aliphatic hydroxyl groups excluding tert-OH is 1. The van der Waals surface area contributed by atoms with Crippen LogP contribution in [-0.4, -0.2) is 88.9 Å². The molecule has 15 heteroatoms. The van der Waals surface area contributed by atoms with Gasteiger partial charge in [-0.05, 0) is 263 Å². The summed E-state index contributed by atoms with van der Waals surface area (Å²) in [6, 6.07) is 65.0. The third kappa shape index (κ3) is 22.0. The van der Waals surface area contributed by atoms with Gasteiger partial charge in [-0.15, -0.1) is 11.8 Å². The first-order chi connectivity index (χ1) is 64.1. The average molecular weight is 2060 g/mol. The molecule has 6 saturated carbocycles. The Kier molecular flexibility index (Phi) is 30.9. The summed E-state index contributed by atoms with van der Waals surface area (Å²) in [4.78, 5) is 10.4. The number of fused-ring (bicyclic) bond motifs is 11. The van der Waals surface area contributed by atoms with Gasteiger partial charge in [-0.3, -0.25) is 0 Å². The van der Waals surface area contributed by atoms with Gasteiger partial charge < -0.3 is 5.11 Å². The van der Waals surface area contributed by atoms with Gasteiger partial charge in [0.1, 0.15) is 81.6 Å². The molecule has 10 saturated heterocycles. The van der Waals surface area contributed by atoms with E-state index in [4.69, 9.17) is 0 Å². The van der Waals surface area contributed by atoms with E-state index in [-0.39, 0.29) is 55.2 Å². The number of rotatable bonds is 7. The van der Waals surface area contributed by atoms with Crippen molar-refractivity contribution in [1.29, 1.82) is 0 Å². The van der Waals surface area contributed by atoms with E-state index in [2.05, 4.69) is 407 Å². The summed E-state index contributed by atoms with van der Waals surface area (Å²) >= 11 is 11.0. The van der Waals surface area contributed by atoms with Gasteiger partial charge in [-0.25, -0.2) is 0 Å². The highest BCUT2D eigenvalue weighted by Gasteiger charge is 2.74. The monoisotopic (exact) mass is 2060 g/mol. The number of allylic oxidation sites excluding steroid dienone is 2. The largest absolute Gasteiger partial charge is 0.417 e. The van der Waals surface area contributed by atoms with Gasteiger partial charge in [0.2, 0.25) is 7.83 Å². The van der Waals surface area contributed by atoms with Gasteiger partial charge in [0.05, 0.1) is 16.8 Å². The predicted molar refractivity (Wildman–Crippen MR) is 612 cm³/mol. The van der Waals surface area contributed by atoms with Gasteiger partial charge in [0.15, 0.2) is 34.3 Å². The molecule has 6 aliphatic carbocycles. The highest BCUT2D eigenvalue weighted by Crippen LogP contribution is 2.72. The number of aliphatic hydroxyl groups is 1. The lowest BCUT2D eigenvalue weighted by atomic mass is 9.70. The molecule has 20 atom stereocenters. The molecule has 0 aromatic heterocycles. The van der Waals surface area contributed by atoms with Crippen LogP contribution < -0.4 is 0 Å². The first-order valence-corrected chi connectivity index (χ1v) is 66.2. The van der Waals surface area contributed by atoms with Crippen LogP contribution in [0.5, 0.6) is 0 Å². The molecule has 1 N–H and O–H groups in total. The first kappa shape index (κ1) is 104. The van der Waals surface area contributed by atoms with Crippen molar-refractivity contribution in [1.82, 2.24) is 0 Å². The molecular weight excluding hydrogens is 1890 g/mol. The number of hydrogen-bond acceptors (Lipinski definition) is 6. The lowest BCUT2D eigenvalue weighted by Gasteiger charge is -2.50. The van der Waals surface area contributed by atoms with Crippen LogP contribution in [0.25, 0.3) is 0 Å². The fourth-order valence-electron chi connectivity index (χ4n) is 25.2. The molecule has 1 spiro atoms. The van der Waals surface area contributed by atoms with Crippen LogP contribution in [0.4, 0.5) is 8.78 Å². The van der Waals surface area contributed by atoms with E-state index in [1.54, 1.807) is 30.9 Å². The van der Waals surface area contributed by atoms with E-state index in [1.807, 2.05) is 24.3 Å². The minimum absolute atomic E-state index is 0.0246. The molecule has 13 heterocycles. The lowest BCUT2D eigenvalue weighted by Crippen LogP contribution is -2.59. The predicted octanol–water partition coefficient (Wildman–Crippen LogP) is 33.3. The van der Waals surface area contributed by atoms with Crippen molar-refractivity contribution >= 4 is 135 Å². The van der Waals surface area contributed by atoms with E-state index in [0.717, 1.165) is 105 Å². The fraction of sp³-hybridized carbons (Fsp3) is 0.603. The number of thioether (sulfide) groups is 5. The molecule has 7 aromatic rings. The maximum Gasteiger partial charge on any atom is 0.417 e. The van der Waals surface area contributed by atoms with Crippen molar-refractivity contribution in [2.75, 3.05) is 0 Å². The molecule has 18 bridgehead atoms. The van der Waals surface area contributed by atoms with Crippen molar-refractivity contribution in [3.8, 4) is 0 Å². The molecule has 0 radical (unpaired) electrons. The van der Waals surface area contributed by atoms with Crippen LogP contribution >= 0.6 is 58.8 Å². The van der Waals surface area contributed by atoms with Crippen molar-refractivity contribution in [2.45, 2.75) is 444 Å². The van der Waals surface area contributed by atoms with Gasteiger partial charge in [-0.1, -0.05) is 296 Å². The van der Waals surface area contributed by atoms with E-state index < -0.39 is 16.1 Å². The zero-order chi connectivity index (χ0) is 96.7. The smallest absolute Gasteiger partial charge is 0.388 e. The van der Waals surface area contributed by atoms with Crippen LogP contribution in [0.1, 0.15) is 327 Å². The summed E-state index contributed by atoms with van der Waals surface area (Å²) in [5.74, 6) is 4.12. The van der Waals surface area contributed by atoms with Gasteiger partial charge in [0.25, 0.3) is 0 Å². The average Bonchev–Trinajstić information content (AvgIpc) is 1.55. The Morgan fingerprint density at radius 1 is 0.309 bits per heavy atom. The summed E-state index contributed by atoms with van der Waals surface area (Å²) in [5, 5.41) is 15.0. The standard InChI is InChI=1S/C20H31S.C19H27OS.C18H25S.C18H23S.C16H21F2S.C16H21S.C14H17S6/c1-14-7-8-16-13-18(14)21(20(16,5)6)17-11-9-15(10-12-17)19(2,3)4;1-19(2,3)14-4-6-15(7-5-14)21-16-9-12-8-13(11-16)18(20)17(21)10-12;1-17(2,3)13-4-7-15(8-5-13)19-16-9-6-14(12-16)18(19)10-11-18;1-18(2,3)14-10-12-17(13-11-14)19-15-6-4-7-16(19)9-5-8-15;1-15(2,3)11-4-7-13(8-5-11)19-14-9-6-12(10-14)16(19,17)18;1-16(2,3)12-4-6-13(7-5-12)17-14-8-9-15(17)11-10-14;1-14(2,3)8-4-6-9(7-5-8)20-12-16-10-15-11(18-12)19-13(20)17-10/h9-12,14,16,18H,7-8,13H2,1-6H3;4-7,12-13,16-18,20H,8-11H2,1-3H3;4-5,7-8,14,16H,6,9-12H2,1-3H3;4-6,9-13,15-16H,7-8H2,1-3H3;4-5,7-8,12,14H,6,9-10H2,1-3H3;4-9,14-15H,10-11H2,1-3H3;4-7,10-13H,1-3H3/q7*+1. The zero-order valence-electron chi connectivity index (χ0n) is 86.7. The molecule has 1 nitrogen and oxygen atoms in total. The zero-order valence-corrected chi connectivity index (χ0v) is 96.5. The van der Waals surface area contributed by atoms with Crippen molar-refractivity contribution < 1.29 is 13.9 Å². The van der Waals surface area contributed by atoms with Gasteiger partial charge in [-0.2, -0.15) is 8.78 Å². The van der Waals surface area contributed by atoms with E-state index in [0.29, 0.717) is 81.3 Å². The van der Waals surface area contributed by atoms with Crippen LogP contribution in [0.2, 0.25) is 0 Å². The highest BCUT2D eigenvalue weighted by molar-refractivity contribution is 8.61. The van der Waals surface area contributed by atoms with Crippen LogP contribution in [0, 0.1) is 35.5 Å². The molecule has 734 valence electrons. The topological polar surface area (TPSA) is 20.2 Å². The molecule has 136 heavy (non-hydrogen) atoms. The normalized spacial score (nSPS) is 35.1. The van der Waals surface area contributed by atoms with Crippen molar-refractivity contribution in [3.05, 3.63) is 245 Å². The Morgan fingerprint density at radius 3 is 1.04 bits per heavy atom. The highest BCUT2D eigenvalue weighted by atomic mass is 32.4. The van der Waals surface area contributed by atoms with Crippen molar-refractivity contribution in [2.24, 2.45) is 35.5 Å². The molecule has 26 rings (SSSR count). The van der Waals surface area contributed by atoms with Crippen LogP contribution in [0.15, 0.2) is 241 Å². The maximum atomic E-state index is 14.3. The Bertz CT molecular complexity index is 5180. The second kappa shape index (κ2) is 40.4. The molecule has 13 aliphatic heterocycles.